The van der Waals surface area contributed by atoms with Gasteiger partial charge in [-0.3, -0.25) is 29.1 Å². The molecule has 12 nitrogen and oxygen atoms in total. The van der Waals surface area contributed by atoms with E-state index >= 15 is 0 Å². The van der Waals surface area contributed by atoms with E-state index in [0.29, 0.717) is 12.3 Å². The molecule has 152 valence electrons. The summed E-state index contributed by atoms with van der Waals surface area (Å²) in [5, 5.41) is 24.0. The minimum absolute atomic E-state index is 0.0175. The summed E-state index contributed by atoms with van der Waals surface area (Å²) in [4.78, 5) is 34.8. The number of hydrogen-bond donors (Lipinski definition) is 2. The van der Waals surface area contributed by atoms with Gasteiger partial charge in [0.1, 0.15) is 18.2 Å². The van der Waals surface area contributed by atoms with Crippen molar-refractivity contribution >= 4 is 23.2 Å². The summed E-state index contributed by atoms with van der Waals surface area (Å²) in [6.45, 7) is 2.72. The lowest BCUT2D eigenvalue weighted by atomic mass is 10.3. The van der Waals surface area contributed by atoms with E-state index in [4.69, 9.17) is 4.42 Å². The van der Waals surface area contributed by atoms with Crippen LogP contribution in [0.1, 0.15) is 29.6 Å². The van der Waals surface area contributed by atoms with Crippen LogP contribution in [-0.4, -0.2) is 36.3 Å². The molecular weight excluding hydrogens is 382 g/mol. The molecule has 0 bridgehead atoms. The number of furan rings is 1. The fraction of sp³-hybridized carbons (Fsp3) is 0.294. The SMILES string of the molecule is CCn1cc(NC(=O)CCn2cc([N+](=O)[O-])cn2)c(C(=O)NCc2ccco2)n1. The second-order valence-corrected chi connectivity index (χ2v) is 6.03. The van der Waals surface area contributed by atoms with Crippen LogP contribution in [0.4, 0.5) is 11.4 Å². The van der Waals surface area contributed by atoms with Gasteiger partial charge in [-0.05, 0) is 19.1 Å². The van der Waals surface area contributed by atoms with Crippen molar-refractivity contribution in [1.82, 2.24) is 24.9 Å². The topological polar surface area (TPSA) is 150 Å². The fourth-order valence-corrected chi connectivity index (χ4v) is 2.50. The van der Waals surface area contributed by atoms with Crippen LogP contribution in [0, 0.1) is 10.1 Å². The normalized spacial score (nSPS) is 10.7. The third-order valence-electron chi connectivity index (χ3n) is 3.98. The van der Waals surface area contributed by atoms with Gasteiger partial charge >= 0.3 is 5.69 Å². The Kier molecular flexibility index (Phi) is 6.02. The van der Waals surface area contributed by atoms with Gasteiger partial charge in [0.25, 0.3) is 5.91 Å². The van der Waals surface area contributed by atoms with E-state index in [2.05, 4.69) is 20.8 Å². The lowest BCUT2D eigenvalue weighted by Gasteiger charge is -2.06. The molecule has 29 heavy (non-hydrogen) atoms. The minimum atomic E-state index is -0.559. The highest BCUT2D eigenvalue weighted by Gasteiger charge is 2.19. The Morgan fingerprint density at radius 2 is 2.14 bits per heavy atom. The van der Waals surface area contributed by atoms with Crippen LogP contribution in [0.25, 0.3) is 0 Å². The van der Waals surface area contributed by atoms with Gasteiger partial charge in [0.15, 0.2) is 5.69 Å². The van der Waals surface area contributed by atoms with Gasteiger partial charge < -0.3 is 15.1 Å². The van der Waals surface area contributed by atoms with E-state index in [1.807, 2.05) is 6.92 Å². The van der Waals surface area contributed by atoms with Crippen molar-refractivity contribution in [3.63, 3.8) is 0 Å². The molecule has 12 heteroatoms. The predicted molar refractivity (Wildman–Crippen MR) is 99.9 cm³/mol. The van der Waals surface area contributed by atoms with E-state index in [0.717, 1.165) is 6.20 Å². The first-order valence-electron chi connectivity index (χ1n) is 8.81. The highest BCUT2D eigenvalue weighted by Crippen LogP contribution is 2.15. The van der Waals surface area contributed by atoms with Crippen LogP contribution < -0.4 is 10.6 Å². The molecule has 0 saturated carbocycles. The van der Waals surface area contributed by atoms with Crippen LogP contribution in [0.5, 0.6) is 0 Å². The first-order valence-corrected chi connectivity index (χ1v) is 8.81. The van der Waals surface area contributed by atoms with Crippen LogP contribution in [0.15, 0.2) is 41.4 Å². The lowest BCUT2D eigenvalue weighted by Crippen LogP contribution is -2.25. The number of amides is 2. The highest BCUT2D eigenvalue weighted by atomic mass is 16.6. The maximum absolute atomic E-state index is 12.5. The number of aromatic nitrogens is 4. The van der Waals surface area contributed by atoms with Crippen molar-refractivity contribution in [2.24, 2.45) is 0 Å². The van der Waals surface area contributed by atoms with Gasteiger partial charge in [-0.1, -0.05) is 0 Å². The van der Waals surface area contributed by atoms with Crippen LogP contribution >= 0.6 is 0 Å². The molecule has 0 aliphatic carbocycles. The van der Waals surface area contributed by atoms with E-state index in [9.17, 15) is 19.7 Å². The summed E-state index contributed by atoms with van der Waals surface area (Å²) in [6.07, 6.45) is 5.45. The number of nitrogens with one attached hydrogen (secondary N) is 2. The molecule has 3 aromatic rings. The van der Waals surface area contributed by atoms with Crippen molar-refractivity contribution in [3.8, 4) is 0 Å². The lowest BCUT2D eigenvalue weighted by molar-refractivity contribution is -0.385. The fourth-order valence-electron chi connectivity index (χ4n) is 2.50. The molecule has 2 amide bonds. The standard InChI is InChI=1S/C17H19N7O5/c1-2-22-11-14(16(21-22)17(26)18-9-13-4-3-7-29-13)20-15(25)5-6-23-10-12(8-19-23)24(27)28/h3-4,7-8,10-11H,2,5-6,9H2,1H3,(H,18,26)(H,20,25). The minimum Gasteiger partial charge on any atom is -0.467 e. The van der Waals surface area contributed by atoms with Crippen molar-refractivity contribution in [2.75, 3.05) is 5.32 Å². The smallest absolute Gasteiger partial charge is 0.306 e. The van der Waals surface area contributed by atoms with E-state index in [-0.39, 0.29) is 42.5 Å². The summed E-state index contributed by atoms with van der Waals surface area (Å²) < 4.78 is 8.02. The number of carbonyl (C=O) groups excluding carboxylic acids is 2. The first kappa shape index (κ1) is 19.8. The molecule has 0 aromatic carbocycles. The van der Waals surface area contributed by atoms with Gasteiger partial charge in [-0.25, -0.2) is 0 Å². The summed E-state index contributed by atoms with van der Waals surface area (Å²) in [6, 6.07) is 3.44. The monoisotopic (exact) mass is 401 g/mol. The third kappa shape index (κ3) is 5.06. The predicted octanol–water partition coefficient (Wildman–Crippen LogP) is 1.56. The largest absolute Gasteiger partial charge is 0.467 e. The molecule has 0 unspecified atom stereocenters. The Morgan fingerprint density at radius 1 is 1.31 bits per heavy atom. The highest BCUT2D eigenvalue weighted by molar-refractivity contribution is 6.02. The maximum Gasteiger partial charge on any atom is 0.306 e. The molecule has 0 aliphatic rings. The molecule has 0 atom stereocenters. The number of nitrogens with zero attached hydrogens (tertiary/aromatic N) is 5. The van der Waals surface area contributed by atoms with E-state index in [1.165, 1.54) is 21.8 Å². The Balaban J connectivity index is 1.61. The Bertz CT molecular complexity index is 1010. The number of anilines is 1. The number of hydrogen-bond acceptors (Lipinski definition) is 7. The van der Waals surface area contributed by atoms with E-state index < -0.39 is 10.8 Å². The molecule has 3 rings (SSSR count). The van der Waals surface area contributed by atoms with Crippen molar-refractivity contribution < 1.29 is 18.9 Å². The maximum atomic E-state index is 12.5. The Labute approximate surface area is 164 Å². The summed E-state index contributed by atoms with van der Waals surface area (Å²) in [5.41, 5.74) is 0.215. The number of rotatable bonds is 9. The van der Waals surface area contributed by atoms with Crippen molar-refractivity contribution in [2.45, 2.75) is 33.0 Å². The quantitative estimate of drug-likeness (QED) is 0.408. The van der Waals surface area contributed by atoms with Crippen molar-refractivity contribution in [3.05, 3.63) is 58.6 Å². The molecule has 2 N–H and O–H groups in total. The first-order chi connectivity index (χ1) is 14.0. The molecule has 0 fully saturated rings. The molecule has 0 spiro atoms. The average molecular weight is 401 g/mol. The summed E-state index contributed by atoms with van der Waals surface area (Å²) in [5.74, 6) is -0.238. The third-order valence-corrected chi connectivity index (χ3v) is 3.98. The van der Waals surface area contributed by atoms with Crippen molar-refractivity contribution in [1.29, 1.82) is 0 Å². The van der Waals surface area contributed by atoms with E-state index in [1.54, 1.807) is 18.3 Å². The second-order valence-electron chi connectivity index (χ2n) is 6.03. The molecule has 0 aliphatic heterocycles. The van der Waals surface area contributed by atoms with Gasteiger partial charge in [0.05, 0.1) is 23.4 Å². The molecule has 3 heterocycles. The van der Waals surface area contributed by atoms with Gasteiger partial charge in [-0.2, -0.15) is 10.2 Å². The summed E-state index contributed by atoms with van der Waals surface area (Å²) >= 11 is 0. The molecule has 0 saturated heterocycles. The zero-order chi connectivity index (χ0) is 20.8. The average Bonchev–Trinajstić information content (AvgIpc) is 3.44. The van der Waals surface area contributed by atoms with Crippen LogP contribution in [-0.2, 0) is 24.4 Å². The number of nitro groups is 1. The number of carbonyl (C=O) groups is 2. The van der Waals surface area contributed by atoms with Crippen LogP contribution in [0.2, 0.25) is 0 Å². The zero-order valence-electron chi connectivity index (χ0n) is 15.6. The van der Waals surface area contributed by atoms with Gasteiger partial charge in [0, 0.05) is 25.7 Å². The Hall–Kier alpha value is -3.96. The molecular formula is C17H19N7O5. The number of aryl methyl sites for hydroxylation is 2. The van der Waals surface area contributed by atoms with Gasteiger partial charge in [0.2, 0.25) is 5.91 Å². The van der Waals surface area contributed by atoms with Gasteiger partial charge in [-0.15, -0.1) is 0 Å². The zero-order valence-corrected chi connectivity index (χ0v) is 15.6. The Morgan fingerprint density at radius 3 is 2.79 bits per heavy atom. The summed E-state index contributed by atoms with van der Waals surface area (Å²) in [7, 11) is 0. The van der Waals surface area contributed by atoms with Crippen LogP contribution in [0.3, 0.4) is 0 Å². The molecule has 0 radical (unpaired) electrons. The molecule has 3 aromatic heterocycles. The second kappa shape index (κ2) is 8.82.